The molecular formula is C18H23Cl2NO2S. The number of hydrogen-bond acceptors (Lipinski definition) is 2. The second-order valence-electron chi connectivity index (χ2n) is 5.88. The van der Waals surface area contributed by atoms with Gasteiger partial charge in [0, 0.05) is 22.3 Å². The minimum absolute atomic E-state index is 0.0406. The van der Waals surface area contributed by atoms with Crippen molar-refractivity contribution in [3.63, 3.8) is 0 Å². The first-order chi connectivity index (χ1) is 11.5. The van der Waals surface area contributed by atoms with E-state index in [0.29, 0.717) is 17.0 Å². The van der Waals surface area contributed by atoms with Crippen LogP contribution in [-0.2, 0) is 10.0 Å². The van der Waals surface area contributed by atoms with E-state index in [1.165, 1.54) is 25.3 Å². The van der Waals surface area contributed by atoms with Crippen LogP contribution in [0, 0.1) is 0 Å². The third-order valence-electron chi connectivity index (χ3n) is 4.01. The van der Waals surface area contributed by atoms with Gasteiger partial charge in [-0.3, -0.25) is 0 Å². The monoisotopic (exact) mass is 387 g/mol. The maximum Gasteiger partial charge on any atom is 0.242 e. The fourth-order valence-electron chi connectivity index (χ4n) is 2.66. The minimum Gasteiger partial charge on any atom is -0.211 e. The molecule has 132 valence electrons. The maximum atomic E-state index is 12.5. The van der Waals surface area contributed by atoms with Gasteiger partial charge >= 0.3 is 0 Å². The third kappa shape index (κ3) is 4.85. The van der Waals surface area contributed by atoms with E-state index in [1.54, 1.807) is 6.07 Å². The smallest absolute Gasteiger partial charge is 0.211 e. The average Bonchev–Trinajstić information content (AvgIpc) is 2.57. The Morgan fingerprint density at radius 2 is 1.58 bits per heavy atom. The summed E-state index contributed by atoms with van der Waals surface area (Å²) in [5.41, 5.74) is 0. The number of benzene rings is 2. The molecule has 0 atom stereocenters. The Kier molecular flexibility index (Phi) is 7.35. The normalized spacial score (nSPS) is 12.0. The lowest BCUT2D eigenvalue weighted by Crippen LogP contribution is -2.25. The van der Waals surface area contributed by atoms with Gasteiger partial charge in [0.2, 0.25) is 10.0 Å². The van der Waals surface area contributed by atoms with E-state index in [2.05, 4.69) is 11.6 Å². The van der Waals surface area contributed by atoms with Gasteiger partial charge in [-0.25, -0.2) is 13.1 Å². The van der Waals surface area contributed by atoms with Crippen molar-refractivity contribution in [2.24, 2.45) is 0 Å². The first-order valence-corrected chi connectivity index (χ1v) is 10.6. The van der Waals surface area contributed by atoms with Gasteiger partial charge in [0.25, 0.3) is 0 Å². The van der Waals surface area contributed by atoms with Gasteiger partial charge in [-0.05, 0) is 12.5 Å². The Bertz CT molecular complexity index is 791. The lowest BCUT2D eigenvalue weighted by molar-refractivity contribution is 0.568. The van der Waals surface area contributed by atoms with E-state index in [1.807, 2.05) is 18.2 Å². The van der Waals surface area contributed by atoms with Gasteiger partial charge in [-0.15, -0.1) is 0 Å². The number of halogens is 2. The van der Waals surface area contributed by atoms with Gasteiger partial charge in [0.1, 0.15) is 4.90 Å². The van der Waals surface area contributed by atoms with E-state index < -0.39 is 10.0 Å². The molecule has 0 saturated carbocycles. The summed E-state index contributed by atoms with van der Waals surface area (Å²) >= 11 is 12.5. The molecule has 2 rings (SSSR count). The summed E-state index contributed by atoms with van der Waals surface area (Å²) in [5.74, 6) is 0. The van der Waals surface area contributed by atoms with Crippen molar-refractivity contribution < 1.29 is 8.42 Å². The molecule has 0 heterocycles. The first kappa shape index (κ1) is 19.5. The fourth-order valence-corrected chi connectivity index (χ4v) is 4.71. The highest BCUT2D eigenvalue weighted by molar-refractivity contribution is 7.89. The zero-order valence-corrected chi connectivity index (χ0v) is 16.1. The molecule has 0 aliphatic heterocycles. The second-order valence-corrected chi connectivity index (χ2v) is 8.40. The summed E-state index contributed by atoms with van der Waals surface area (Å²) in [6.45, 7) is 2.59. The Labute approximate surface area is 154 Å². The van der Waals surface area contributed by atoms with Crippen molar-refractivity contribution in [2.45, 2.75) is 50.3 Å². The molecule has 2 aromatic rings. The van der Waals surface area contributed by atoms with Gasteiger partial charge in [-0.2, -0.15) is 0 Å². The van der Waals surface area contributed by atoms with Crippen LogP contribution in [0.1, 0.15) is 45.4 Å². The van der Waals surface area contributed by atoms with E-state index >= 15 is 0 Å². The van der Waals surface area contributed by atoms with Crippen LogP contribution in [0.25, 0.3) is 10.8 Å². The summed E-state index contributed by atoms with van der Waals surface area (Å²) in [6, 6.07) is 8.68. The van der Waals surface area contributed by atoms with Gasteiger partial charge in [0.15, 0.2) is 0 Å². The SMILES string of the molecule is CCCCCCCCNS(=O)(=O)c1cc(Cl)c2ccccc2c1Cl. The lowest BCUT2D eigenvalue weighted by Gasteiger charge is -2.11. The molecule has 0 aliphatic rings. The molecular weight excluding hydrogens is 365 g/mol. The summed E-state index contributed by atoms with van der Waals surface area (Å²) in [5, 5.41) is 1.99. The van der Waals surface area contributed by atoms with E-state index in [9.17, 15) is 8.42 Å². The molecule has 1 N–H and O–H groups in total. The molecule has 0 bridgehead atoms. The Morgan fingerprint density at radius 1 is 0.958 bits per heavy atom. The quantitative estimate of drug-likeness (QED) is 0.553. The summed E-state index contributed by atoms with van der Waals surface area (Å²) in [7, 11) is -3.67. The summed E-state index contributed by atoms with van der Waals surface area (Å²) < 4.78 is 27.7. The average molecular weight is 388 g/mol. The number of rotatable bonds is 9. The van der Waals surface area contributed by atoms with Crippen molar-refractivity contribution in [3.8, 4) is 0 Å². The molecule has 2 aromatic carbocycles. The van der Waals surface area contributed by atoms with Crippen LogP contribution in [0.5, 0.6) is 0 Å². The predicted octanol–water partition coefficient (Wildman–Crippen LogP) is 5.79. The van der Waals surface area contributed by atoms with Crippen molar-refractivity contribution in [1.29, 1.82) is 0 Å². The van der Waals surface area contributed by atoms with Crippen molar-refractivity contribution in [3.05, 3.63) is 40.4 Å². The Morgan fingerprint density at radius 3 is 2.29 bits per heavy atom. The molecule has 0 unspecified atom stereocenters. The minimum atomic E-state index is -3.67. The van der Waals surface area contributed by atoms with Crippen LogP contribution in [0.2, 0.25) is 10.0 Å². The van der Waals surface area contributed by atoms with E-state index in [4.69, 9.17) is 23.2 Å². The maximum absolute atomic E-state index is 12.5. The Hall–Kier alpha value is -0.810. The number of nitrogens with one attached hydrogen (secondary N) is 1. The molecule has 0 radical (unpaired) electrons. The molecule has 0 fully saturated rings. The molecule has 0 spiro atoms. The van der Waals surface area contributed by atoms with Crippen molar-refractivity contribution in [2.75, 3.05) is 6.54 Å². The summed E-state index contributed by atoms with van der Waals surface area (Å²) in [4.78, 5) is 0.0406. The lowest BCUT2D eigenvalue weighted by atomic mass is 10.1. The highest BCUT2D eigenvalue weighted by Gasteiger charge is 2.20. The van der Waals surface area contributed by atoms with Gasteiger partial charge in [-0.1, -0.05) is 86.5 Å². The first-order valence-electron chi connectivity index (χ1n) is 8.33. The van der Waals surface area contributed by atoms with Crippen LogP contribution in [0.15, 0.2) is 35.2 Å². The van der Waals surface area contributed by atoms with E-state index in [0.717, 1.165) is 24.6 Å². The van der Waals surface area contributed by atoms with E-state index in [-0.39, 0.29) is 9.92 Å². The van der Waals surface area contributed by atoms with Crippen molar-refractivity contribution >= 4 is 44.0 Å². The van der Waals surface area contributed by atoms with Gasteiger partial charge < -0.3 is 0 Å². The topological polar surface area (TPSA) is 46.2 Å². The Balaban J connectivity index is 2.07. The highest BCUT2D eigenvalue weighted by Crippen LogP contribution is 2.35. The molecule has 0 aromatic heterocycles. The third-order valence-corrected chi connectivity index (χ3v) is 6.32. The molecule has 0 aliphatic carbocycles. The highest BCUT2D eigenvalue weighted by atomic mass is 35.5. The van der Waals surface area contributed by atoms with Crippen LogP contribution < -0.4 is 4.72 Å². The van der Waals surface area contributed by atoms with Crippen molar-refractivity contribution in [1.82, 2.24) is 4.72 Å². The zero-order chi connectivity index (χ0) is 17.6. The number of unbranched alkanes of at least 4 members (excludes halogenated alkanes) is 5. The fraction of sp³-hybridized carbons (Fsp3) is 0.444. The summed E-state index contributed by atoms with van der Waals surface area (Å²) in [6.07, 6.45) is 6.62. The standard InChI is InChI=1S/C18H23Cl2NO2S/c1-2-3-4-5-6-9-12-21-24(22,23)17-13-16(19)14-10-7-8-11-15(14)18(17)20/h7-8,10-11,13,21H,2-6,9,12H2,1H3. The largest absolute Gasteiger partial charge is 0.242 e. The molecule has 0 amide bonds. The molecule has 0 saturated heterocycles. The number of hydrogen-bond donors (Lipinski definition) is 1. The molecule has 6 heteroatoms. The molecule has 24 heavy (non-hydrogen) atoms. The predicted molar refractivity (Wildman–Crippen MR) is 103 cm³/mol. The number of sulfonamides is 1. The zero-order valence-electron chi connectivity index (χ0n) is 13.8. The number of fused-ring (bicyclic) bond motifs is 1. The second kappa shape index (κ2) is 9.04. The van der Waals surface area contributed by atoms with Crippen LogP contribution in [-0.4, -0.2) is 15.0 Å². The molecule has 3 nitrogen and oxygen atoms in total. The van der Waals surface area contributed by atoms with Crippen LogP contribution in [0.4, 0.5) is 0 Å². The van der Waals surface area contributed by atoms with Crippen LogP contribution >= 0.6 is 23.2 Å². The van der Waals surface area contributed by atoms with Crippen LogP contribution in [0.3, 0.4) is 0 Å². The van der Waals surface area contributed by atoms with Gasteiger partial charge in [0.05, 0.1) is 5.02 Å².